The van der Waals surface area contributed by atoms with Crippen LogP contribution in [0.3, 0.4) is 0 Å². The minimum atomic E-state index is -0.324. The third kappa shape index (κ3) is 4.46. The predicted molar refractivity (Wildman–Crippen MR) is 119 cm³/mol. The normalized spacial score (nSPS) is 16.4. The number of imidazole rings is 1. The summed E-state index contributed by atoms with van der Waals surface area (Å²) in [5.74, 6) is 0.0604. The zero-order chi connectivity index (χ0) is 20.9. The number of aromatic nitrogens is 2. The number of amides is 1. The number of nitrogens with one attached hydrogen (secondary N) is 1. The van der Waals surface area contributed by atoms with Crippen LogP contribution in [0.15, 0.2) is 67.0 Å². The van der Waals surface area contributed by atoms with Gasteiger partial charge in [-0.05, 0) is 31.4 Å². The van der Waals surface area contributed by atoms with Gasteiger partial charge < -0.3 is 9.88 Å². The highest BCUT2D eigenvalue weighted by Gasteiger charge is 2.36. The molecule has 0 spiro atoms. The molecule has 1 unspecified atom stereocenters. The van der Waals surface area contributed by atoms with Gasteiger partial charge in [0.2, 0.25) is 5.91 Å². The van der Waals surface area contributed by atoms with Crippen molar-refractivity contribution in [2.45, 2.75) is 45.3 Å². The number of carbonyl (C=O) groups is 1. The van der Waals surface area contributed by atoms with E-state index in [1.54, 1.807) is 0 Å². The molecule has 1 N–H and O–H groups in total. The van der Waals surface area contributed by atoms with Crippen molar-refractivity contribution in [3.05, 3.63) is 89.5 Å². The van der Waals surface area contributed by atoms with E-state index in [0.717, 1.165) is 37.3 Å². The molecule has 0 saturated carbocycles. The van der Waals surface area contributed by atoms with Crippen molar-refractivity contribution in [2.75, 3.05) is 13.1 Å². The number of fused-ring (bicyclic) bond motifs is 1. The number of carbonyl (C=O) groups excluding carboxylic acids is 1. The summed E-state index contributed by atoms with van der Waals surface area (Å²) in [6, 6.07) is 20.6. The van der Waals surface area contributed by atoms with Gasteiger partial charge in [-0.2, -0.15) is 0 Å². The molecule has 1 aromatic heterocycles. The molecule has 0 saturated heterocycles. The van der Waals surface area contributed by atoms with E-state index in [-0.39, 0.29) is 18.0 Å². The number of rotatable bonds is 7. The molecule has 0 aliphatic carbocycles. The van der Waals surface area contributed by atoms with Crippen LogP contribution in [0.2, 0.25) is 0 Å². The van der Waals surface area contributed by atoms with Gasteiger partial charge in [-0.15, -0.1) is 0 Å². The molecular formula is C25H30N4O. The Hall–Kier alpha value is -2.92. The van der Waals surface area contributed by atoms with Crippen molar-refractivity contribution in [1.82, 2.24) is 19.8 Å². The number of hydrogen-bond acceptors (Lipinski definition) is 3. The van der Waals surface area contributed by atoms with Gasteiger partial charge in [-0.1, -0.05) is 60.7 Å². The van der Waals surface area contributed by atoms with E-state index in [9.17, 15) is 4.79 Å². The van der Waals surface area contributed by atoms with Crippen LogP contribution >= 0.6 is 0 Å². The molecule has 1 aliphatic heterocycles. The zero-order valence-electron chi connectivity index (χ0n) is 17.8. The second-order valence-corrected chi connectivity index (χ2v) is 8.21. The number of nitrogens with zero attached hydrogens (tertiary/aromatic N) is 3. The van der Waals surface area contributed by atoms with E-state index in [0.29, 0.717) is 6.54 Å². The van der Waals surface area contributed by atoms with Crippen molar-refractivity contribution < 1.29 is 4.79 Å². The zero-order valence-corrected chi connectivity index (χ0v) is 17.8. The fourth-order valence-electron chi connectivity index (χ4n) is 4.21. The molecule has 1 atom stereocenters. The van der Waals surface area contributed by atoms with Gasteiger partial charge in [0, 0.05) is 32.1 Å². The summed E-state index contributed by atoms with van der Waals surface area (Å²) in [7, 11) is 0. The summed E-state index contributed by atoms with van der Waals surface area (Å²) in [4.78, 5) is 20.4. The highest BCUT2D eigenvalue weighted by Crippen LogP contribution is 2.32. The lowest BCUT2D eigenvalue weighted by Crippen LogP contribution is -2.45. The Balaban J connectivity index is 1.56. The first-order valence-electron chi connectivity index (χ1n) is 10.8. The monoisotopic (exact) mass is 402 g/mol. The van der Waals surface area contributed by atoms with Crippen molar-refractivity contribution in [1.29, 1.82) is 0 Å². The van der Waals surface area contributed by atoms with Gasteiger partial charge in [-0.25, -0.2) is 4.98 Å². The van der Waals surface area contributed by atoms with Crippen LogP contribution in [0.25, 0.3) is 0 Å². The first kappa shape index (κ1) is 20.4. The molecule has 2 heterocycles. The van der Waals surface area contributed by atoms with Crippen molar-refractivity contribution in [2.24, 2.45) is 0 Å². The first-order valence-corrected chi connectivity index (χ1v) is 10.8. The third-order valence-corrected chi connectivity index (χ3v) is 5.76. The van der Waals surface area contributed by atoms with Crippen LogP contribution in [-0.4, -0.2) is 33.4 Å². The molecule has 0 fully saturated rings. The summed E-state index contributed by atoms with van der Waals surface area (Å²) in [5, 5.41) is 3.19. The maximum absolute atomic E-state index is 13.4. The largest absolute Gasteiger partial charge is 0.354 e. The van der Waals surface area contributed by atoms with Crippen LogP contribution in [0.5, 0.6) is 0 Å². The van der Waals surface area contributed by atoms with Crippen molar-refractivity contribution >= 4 is 5.91 Å². The molecule has 3 aromatic rings. The standard InChI is InChI=1S/C25H30N4O/c1-19(2)29-18-27-22-14-16-28(17-21-11-7-4-8-12-21)24(23(22)29)25(30)26-15-13-20-9-5-3-6-10-20/h3-12,18-19,24H,13-17H2,1-2H3,(H,26,30). The Morgan fingerprint density at radius 2 is 1.73 bits per heavy atom. The van der Waals surface area contributed by atoms with Crippen LogP contribution in [0.4, 0.5) is 0 Å². The summed E-state index contributed by atoms with van der Waals surface area (Å²) in [6.07, 6.45) is 3.59. The second-order valence-electron chi connectivity index (χ2n) is 8.21. The Morgan fingerprint density at radius 1 is 1.07 bits per heavy atom. The smallest absolute Gasteiger partial charge is 0.243 e. The SMILES string of the molecule is CC(C)n1cnc2c1C(C(=O)NCCc1ccccc1)N(Cc1ccccc1)CC2. The Morgan fingerprint density at radius 3 is 2.40 bits per heavy atom. The molecule has 1 aliphatic rings. The van der Waals surface area contributed by atoms with E-state index in [1.165, 1.54) is 11.1 Å². The average Bonchev–Trinajstić information content (AvgIpc) is 3.19. The minimum Gasteiger partial charge on any atom is -0.354 e. The number of hydrogen-bond donors (Lipinski definition) is 1. The van der Waals surface area contributed by atoms with E-state index in [4.69, 9.17) is 0 Å². The van der Waals surface area contributed by atoms with Gasteiger partial charge in [0.1, 0.15) is 6.04 Å². The van der Waals surface area contributed by atoms with Crippen molar-refractivity contribution in [3.63, 3.8) is 0 Å². The minimum absolute atomic E-state index is 0.0604. The maximum Gasteiger partial charge on any atom is 0.243 e. The van der Waals surface area contributed by atoms with Crippen LogP contribution in [0, 0.1) is 0 Å². The highest BCUT2D eigenvalue weighted by molar-refractivity contribution is 5.83. The van der Waals surface area contributed by atoms with E-state index in [1.807, 2.05) is 30.6 Å². The Labute approximate surface area is 178 Å². The molecular weight excluding hydrogens is 372 g/mol. The lowest BCUT2D eigenvalue weighted by atomic mass is 9.99. The Bertz CT molecular complexity index is 965. The first-order chi connectivity index (χ1) is 14.6. The molecule has 5 nitrogen and oxygen atoms in total. The predicted octanol–water partition coefficient (Wildman–Crippen LogP) is 3.92. The van der Waals surface area contributed by atoms with Crippen LogP contribution in [-0.2, 0) is 24.2 Å². The van der Waals surface area contributed by atoms with E-state index in [2.05, 4.69) is 70.0 Å². The molecule has 4 rings (SSSR count). The molecule has 5 heteroatoms. The van der Waals surface area contributed by atoms with Gasteiger partial charge >= 0.3 is 0 Å². The van der Waals surface area contributed by atoms with Crippen molar-refractivity contribution in [3.8, 4) is 0 Å². The topological polar surface area (TPSA) is 50.2 Å². The second kappa shape index (κ2) is 9.26. The average molecular weight is 403 g/mol. The summed E-state index contributed by atoms with van der Waals surface area (Å²) in [6.45, 7) is 6.49. The highest BCUT2D eigenvalue weighted by atomic mass is 16.2. The lowest BCUT2D eigenvalue weighted by Gasteiger charge is -2.36. The Kier molecular flexibility index (Phi) is 6.29. The summed E-state index contributed by atoms with van der Waals surface area (Å²) in [5.41, 5.74) is 4.55. The molecule has 0 bridgehead atoms. The molecule has 30 heavy (non-hydrogen) atoms. The third-order valence-electron chi connectivity index (χ3n) is 5.76. The van der Waals surface area contributed by atoms with E-state index < -0.39 is 0 Å². The molecule has 1 amide bonds. The molecule has 0 radical (unpaired) electrons. The van der Waals surface area contributed by atoms with E-state index >= 15 is 0 Å². The fraction of sp³-hybridized carbons (Fsp3) is 0.360. The number of benzene rings is 2. The molecule has 156 valence electrons. The summed E-state index contributed by atoms with van der Waals surface area (Å²) >= 11 is 0. The van der Waals surface area contributed by atoms with Crippen LogP contribution in [0.1, 0.15) is 48.4 Å². The van der Waals surface area contributed by atoms with Gasteiger partial charge in [0.15, 0.2) is 0 Å². The van der Waals surface area contributed by atoms with Gasteiger partial charge in [0.05, 0.1) is 17.7 Å². The van der Waals surface area contributed by atoms with Gasteiger partial charge in [0.25, 0.3) is 0 Å². The maximum atomic E-state index is 13.4. The molecule has 2 aromatic carbocycles. The van der Waals surface area contributed by atoms with Gasteiger partial charge in [-0.3, -0.25) is 9.69 Å². The van der Waals surface area contributed by atoms with Crippen LogP contribution < -0.4 is 5.32 Å². The quantitative estimate of drug-likeness (QED) is 0.652. The summed E-state index contributed by atoms with van der Waals surface area (Å²) < 4.78 is 2.16. The lowest BCUT2D eigenvalue weighted by molar-refractivity contribution is -0.127. The fourth-order valence-corrected chi connectivity index (χ4v) is 4.21.